The van der Waals surface area contributed by atoms with Gasteiger partial charge in [0.15, 0.2) is 0 Å². The van der Waals surface area contributed by atoms with E-state index in [1.807, 2.05) is 26.0 Å². The highest BCUT2D eigenvalue weighted by Crippen LogP contribution is 2.34. The number of rotatable bonds is 3. The molecule has 1 atom stereocenters. The van der Waals surface area contributed by atoms with Crippen LogP contribution in [0.5, 0.6) is 11.5 Å². The molecule has 20 heavy (non-hydrogen) atoms. The van der Waals surface area contributed by atoms with Crippen molar-refractivity contribution in [1.82, 2.24) is 0 Å². The molecule has 0 aliphatic rings. The molecule has 2 nitrogen and oxygen atoms in total. The second-order valence-corrected chi connectivity index (χ2v) is 5.38. The molecule has 0 aromatic heterocycles. The van der Waals surface area contributed by atoms with Gasteiger partial charge in [-0.05, 0) is 62.2 Å². The zero-order valence-corrected chi connectivity index (χ0v) is 12.5. The maximum Gasteiger partial charge on any atom is 0.133 e. The first-order chi connectivity index (χ1) is 9.38. The lowest BCUT2D eigenvalue weighted by Crippen LogP contribution is -2.07. The monoisotopic (exact) mass is 293 g/mol. The first-order valence-corrected chi connectivity index (χ1v) is 6.76. The Morgan fingerprint density at radius 2 is 1.75 bits per heavy atom. The molecule has 0 radical (unpaired) electrons. The molecule has 0 spiro atoms. The summed E-state index contributed by atoms with van der Waals surface area (Å²) in [5.41, 5.74) is 8.36. The van der Waals surface area contributed by atoms with Crippen molar-refractivity contribution in [3.8, 4) is 11.5 Å². The normalized spacial score (nSPS) is 12.3. The van der Waals surface area contributed by atoms with Crippen LogP contribution in [-0.4, -0.2) is 0 Å². The molecule has 2 rings (SSSR count). The van der Waals surface area contributed by atoms with Gasteiger partial charge in [0, 0.05) is 16.6 Å². The molecule has 0 fully saturated rings. The van der Waals surface area contributed by atoms with Gasteiger partial charge < -0.3 is 10.5 Å². The van der Waals surface area contributed by atoms with Gasteiger partial charge in [-0.1, -0.05) is 11.6 Å². The number of halogens is 2. The highest BCUT2D eigenvalue weighted by atomic mass is 35.5. The molecular formula is C16H17ClFNO. The number of benzene rings is 2. The van der Waals surface area contributed by atoms with Gasteiger partial charge in [0.2, 0.25) is 0 Å². The van der Waals surface area contributed by atoms with Crippen LogP contribution in [0.4, 0.5) is 4.39 Å². The first kappa shape index (κ1) is 14.8. The van der Waals surface area contributed by atoms with E-state index in [1.54, 1.807) is 13.0 Å². The van der Waals surface area contributed by atoms with Crippen molar-refractivity contribution in [2.75, 3.05) is 0 Å². The third kappa shape index (κ3) is 3.11. The largest absolute Gasteiger partial charge is 0.456 e. The topological polar surface area (TPSA) is 35.2 Å². The predicted molar refractivity (Wildman–Crippen MR) is 80.0 cm³/mol. The van der Waals surface area contributed by atoms with Gasteiger partial charge in [-0.15, -0.1) is 0 Å². The molecule has 0 saturated carbocycles. The van der Waals surface area contributed by atoms with E-state index in [2.05, 4.69) is 0 Å². The van der Waals surface area contributed by atoms with E-state index < -0.39 is 0 Å². The van der Waals surface area contributed by atoms with Crippen molar-refractivity contribution in [1.29, 1.82) is 0 Å². The Balaban J connectivity index is 2.45. The van der Waals surface area contributed by atoms with Crippen molar-refractivity contribution in [3.05, 3.63) is 57.9 Å². The smallest absolute Gasteiger partial charge is 0.133 e. The number of nitrogens with two attached hydrogens (primary N) is 1. The van der Waals surface area contributed by atoms with Crippen LogP contribution in [0.2, 0.25) is 5.02 Å². The SMILES string of the molecule is Cc1cc(Cl)cc(C)c1Oc1ccc(F)cc1[C@@H](C)N. The third-order valence-electron chi connectivity index (χ3n) is 3.10. The fourth-order valence-corrected chi connectivity index (χ4v) is 2.46. The summed E-state index contributed by atoms with van der Waals surface area (Å²) in [6.45, 7) is 5.63. The van der Waals surface area contributed by atoms with Crippen molar-refractivity contribution in [2.45, 2.75) is 26.8 Å². The lowest BCUT2D eigenvalue weighted by Gasteiger charge is -2.17. The van der Waals surface area contributed by atoms with E-state index >= 15 is 0 Å². The van der Waals surface area contributed by atoms with Gasteiger partial charge in [0.05, 0.1) is 0 Å². The quantitative estimate of drug-likeness (QED) is 0.873. The van der Waals surface area contributed by atoms with E-state index in [1.165, 1.54) is 12.1 Å². The maximum atomic E-state index is 13.3. The molecule has 0 heterocycles. The summed E-state index contributed by atoms with van der Waals surface area (Å²) in [7, 11) is 0. The second kappa shape index (κ2) is 5.81. The molecule has 106 valence electrons. The van der Waals surface area contributed by atoms with Crippen molar-refractivity contribution >= 4 is 11.6 Å². The zero-order chi connectivity index (χ0) is 14.9. The fourth-order valence-electron chi connectivity index (χ4n) is 2.14. The van der Waals surface area contributed by atoms with Gasteiger partial charge >= 0.3 is 0 Å². The summed E-state index contributed by atoms with van der Waals surface area (Å²) < 4.78 is 19.3. The summed E-state index contributed by atoms with van der Waals surface area (Å²) in [5, 5.41) is 0.666. The highest BCUT2D eigenvalue weighted by Gasteiger charge is 2.13. The minimum Gasteiger partial charge on any atom is -0.456 e. The molecule has 0 unspecified atom stereocenters. The van der Waals surface area contributed by atoms with Crippen LogP contribution in [0.25, 0.3) is 0 Å². The van der Waals surface area contributed by atoms with Gasteiger partial charge in [0.25, 0.3) is 0 Å². The van der Waals surface area contributed by atoms with Crippen LogP contribution in [-0.2, 0) is 0 Å². The number of hydrogen-bond acceptors (Lipinski definition) is 2. The molecular weight excluding hydrogens is 277 g/mol. The summed E-state index contributed by atoms with van der Waals surface area (Å²) in [5.74, 6) is 0.965. The molecule has 0 aliphatic heterocycles. The first-order valence-electron chi connectivity index (χ1n) is 6.38. The van der Waals surface area contributed by atoms with Crippen LogP contribution in [0.1, 0.15) is 29.7 Å². The molecule has 0 bridgehead atoms. The average molecular weight is 294 g/mol. The van der Waals surface area contributed by atoms with E-state index in [0.717, 1.165) is 16.9 Å². The lowest BCUT2D eigenvalue weighted by molar-refractivity contribution is 0.462. The number of ether oxygens (including phenoxy) is 1. The lowest BCUT2D eigenvalue weighted by atomic mass is 10.1. The summed E-state index contributed by atoms with van der Waals surface area (Å²) >= 11 is 6.00. The molecule has 0 saturated heterocycles. The van der Waals surface area contributed by atoms with E-state index in [4.69, 9.17) is 22.1 Å². The maximum absolute atomic E-state index is 13.3. The molecule has 0 amide bonds. The molecule has 2 aromatic carbocycles. The Bertz CT molecular complexity index is 617. The second-order valence-electron chi connectivity index (χ2n) is 4.94. The Labute approximate surface area is 123 Å². The Morgan fingerprint density at radius 3 is 2.30 bits per heavy atom. The van der Waals surface area contributed by atoms with E-state index in [-0.39, 0.29) is 11.9 Å². The van der Waals surface area contributed by atoms with Crippen LogP contribution in [0.3, 0.4) is 0 Å². The van der Waals surface area contributed by atoms with Crippen LogP contribution >= 0.6 is 11.6 Å². The highest BCUT2D eigenvalue weighted by molar-refractivity contribution is 6.30. The van der Waals surface area contributed by atoms with Crippen molar-refractivity contribution in [3.63, 3.8) is 0 Å². The standard InChI is InChI=1S/C16H17ClFNO/c1-9-6-12(17)7-10(2)16(9)20-15-5-4-13(18)8-14(15)11(3)19/h4-8,11H,19H2,1-3H3/t11-/m1/s1. The molecule has 2 N–H and O–H groups in total. The summed E-state index contributed by atoms with van der Waals surface area (Å²) in [6, 6.07) is 7.72. The van der Waals surface area contributed by atoms with Gasteiger partial charge in [-0.2, -0.15) is 0 Å². The minimum absolute atomic E-state index is 0.311. The predicted octanol–water partition coefficient (Wildman–Crippen LogP) is 4.91. The van der Waals surface area contributed by atoms with E-state index in [0.29, 0.717) is 16.3 Å². The van der Waals surface area contributed by atoms with Crippen LogP contribution < -0.4 is 10.5 Å². The minimum atomic E-state index is -0.325. The molecule has 0 aliphatic carbocycles. The fraction of sp³-hybridized carbons (Fsp3) is 0.250. The molecule has 4 heteroatoms. The zero-order valence-electron chi connectivity index (χ0n) is 11.7. The number of aryl methyl sites for hydroxylation is 2. The van der Waals surface area contributed by atoms with Crippen molar-refractivity contribution < 1.29 is 9.13 Å². The molecule has 2 aromatic rings. The van der Waals surface area contributed by atoms with E-state index in [9.17, 15) is 4.39 Å². The summed E-state index contributed by atoms with van der Waals surface area (Å²) in [6.07, 6.45) is 0. The van der Waals surface area contributed by atoms with Gasteiger partial charge in [0.1, 0.15) is 17.3 Å². The Morgan fingerprint density at radius 1 is 1.15 bits per heavy atom. The van der Waals surface area contributed by atoms with Gasteiger partial charge in [-0.3, -0.25) is 0 Å². The van der Waals surface area contributed by atoms with Gasteiger partial charge in [-0.25, -0.2) is 4.39 Å². The average Bonchev–Trinajstić information content (AvgIpc) is 2.34. The number of hydrogen-bond donors (Lipinski definition) is 1. The van der Waals surface area contributed by atoms with Crippen molar-refractivity contribution in [2.24, 2.45) is 5.73 Å². The third-order valence-corrected chi connectivity index (χ3v) is 3.32. The summed E-state index contributed by atoms with van der Waals surface area (Å²) in [4.78, 5) is 0. The van der Waals surface area contributed by atoms with Crippen LogP contribution in [0.15, 0.2) is 30.3 Å². The van der Waals surface area contributed by atoms with Crippen LogP contribution in [0, 0.1) is 19.7 Å². The Hall–Kier alpha value is -1.58. The Kier molecular flexibility index (Phi) is 4.31.